The summed E-state index contributed by atoms with van der Waals surface area (Å²) in [5.41, 5.74) is 3.41. The summed E-state index contributed by atoms with van der Waals surface area (Å²) in [6.45, 7) is 8.94. The molecule has 2 rings (SSSR count). The van der Waals surface area contributed by atoms with E-state index in [1.54, 1.807) is 0 Å². The molecule has 0 radical (unpaired) electrons. The van der Waals surface area contributed by atoms with Gasteiger partial charge in [0, 0.05) is 13.1 Å². The summed E-state index contributed by atoms with van der Waals surface area (Å²) in [5, 5.41) is 3.21. The summed E-state index contributed by atoms with van der Waals surface area (Å²) in [5.74, 6) is 1.51. The second-order valence-electron chi connectivity index (χ2n) is 6.42. The molecule has 1 N–H and O–H groups in total. The Hall–Kier alpha value is -1.55. The van der Waals surface area contributed by atoms with Gasteiger partial charge in [0.05, 0.1) is 0 Å². The lowest BCUT2D eigenvalue weighted by atomic mass is 9.98. The zero-order valence-electron chi connectivity index (χ0n) is 14.2. The average molecular weight is 304 g/mol. The number of nitrogens with zero attached hydrogens (tertiary/aromatic N) is 1. The Balaban J connectivity index is 1.93. The molecule has 1 aromatic carbocycles. The van der Waals surface area contributed by atoms with E-state index in [4.69, 9.17) is 4.74 Å². The van der Waals surface area contributed by atoms with Crippen molar-refractivity contribution in [2.75, 3.05) is 33.3 Å². The summed E-state index contributed by atoms with van der Waals surface area (Å²) in [4.78, 5) is 14.3. The summed E-state index contributed by atoms with van der Waals surface area (Å²) in [7, 11) is 1.97. The van der Waals surface area contributed by atoms with Crippen molar-refractivity contribution in [3.05, 3.63) is 28.8 Å². The fourth-order valence-electron chi connectivity index (χ4n) is 3.37. The van der Waals surface area contributed by atoms with E-state index in [2.05, 4.69) is 24.4 Å². The number of piperidine rings is 1. The standard InChI is InChI=1S/C18H28N2O2/c1-13-8-14(2)18(15(3)9-13)22-12-17(21)20-7-5-6-16(11-20)10-19-4/h8-9,16,19H,5-7,10-12H2,1-4H3. The number of hydrogen-bond acceptors (Lipinski definition) is 3. The van der Waals surface area contributed by atoms with Crippen molar-refractivity contribution < 1.29 is 9.53 Å². The van der Waals surface area contributed by atoms with Gasteiger partial charge in [0.1, 0.15) is 5.75 Å². The van der Waals surface area contributed by atoms with Crippen LogP contribution in [0.2, 0.25) is 0 Å². The molecular weight excluding hydrogens is 276 g/mol. The van der Waals surface area contributed by atoms with E-state index in [9.17, 15) is 4.79 Å². The van der Waals surface area contributed by atoms with Crippen molar-refractivity contribution in [2.24, 2.45) is 5.92 Å². The number of hydrogen-bond donors (Lipinski definition) is 1. The Kier molecular flexibility index (Phi) is 5.83. The lowest BCUT2D eigenvalue weighted by molar-refractivity contribution is -0.135. The van der Waals surface area contributed by atoms with Gasteiger partial charge in [-0.15, -0.1) is 0 Å². The smallest absolute Gasteiger partial charge is 0.260 e. The van der Waals surface area contributed by atoms with Gasteiger partial charge >= 0.3 is 0 Å². The Morgan fingerprint density at radius 2 is 2.00 bits per heavy atom. The predicted molar refractivity (Wildman–Crippen MR) is 89.4 cm³/mol. The number of benzene rings is 1. The van der Waals surface area contributed by atoms with Crippen LogP contribution in [-0.4, -0.2) is 44.1 Å². The third kappa shape index (κ3) is 4.23. The molecule has 0 aromatic heterocycles. The van der Waals surface area contributed by atoms with E-state index in [1.807, 2.05) is 25.8 Å². The second-order valence-corrected chi connectivity index (χ2v) is 6.42. The number of rotatable bonds is 5. The highest BCUT2D eigenvalue weighted by Gasteiger charge is 2.23. The molecule has 4 nitrogen and oxygen atoms in total. The number of likely N-dealkylation sites (tertiary alicyclic amines) is 1. The number of ether oxygens (including phenoxy) is 1. The fraction of sp³-hybridized carbons (Fsp3) is 0.611. The van der Waals surface area contributed by atoms with E-state index in [0.717, 1.165) is 42.9 Å². The Bertz CT molecular complexity index is 503. The molecule has 1 amide bonds. The average Bonchev–Trinajstić information content (AvgIpc) is 2.46. The highest BCUT2D eigenvalue weighted by atomic mass is 16.5. The molecule has 1 unspecified atom stereocenters. The van der Waals surface area contributed by atoms with E-state index >= 15 is 0 Å². The highest BCUT2D eigenvalue weighted by Crippen LogP contribution is 2.24. The van der Waals surface area contributed by atoms with Crippen LogP contribution in [0.25, 0.3) is 0 Å². The number of amides is 1. The molecule has 0 aliphatic carbocycles. The first-order valence-corrected chi connectivity index (χ1v) is 8.14. The molecule has 0 spiro atoms. The predicted octanol–water partition coefficient (Wildman–Crippen LogP) is 2.45. The van der Waals surface area contributed by atoms with Crippen molar-refractivity contribution in [3.8, 4) is 5.75 Å². The molecule has 122 valence electrons. The van der Waals surface area contributed by atoms with Crippen LogP contribution in [-0.2, 0) is 4.79 Å². The van der Waals surface area contributed by atoms with Crippen molar-refractivity contribution in [3.63, 3.8) is 0 Å². The van der Waals surface area contributed by atoms with Gasteiger partial charge in [-0.3, -0.25) is 4.79 Å². The van der Waals surface area contributed by atoms with Crippen LogP contribution in [0.3, 0.4) is 0 Å². The first-order chi connectivity index (χ1) is 10.5. The summed E-state index contributed by atoms with van der Waals surface area (Å²) < 4.78 is 5.83. The third-order valence-corrected chi connectivity index (χ3v) is 4.31. The van der Waals surface area contributed by atoms with Crippen LogP contribution >= 0.6 is 0 Å². The van der Waals surface area contributed by atoms with E-state index in [0.29, 0.717) is 5.92 Å². The topological polar surface area (TPSA) is 41.6 Å². The Labute approximate surface area is 133 Å². The first-order valence-electron chi connectivity index (χ1n) is 8.14. The van der Waals surface area contributed by atoms with Gasteiger partial charge in [0.25, 0.3) is 5.91 Å². The second kappa shape index (κ2) is 7.63. The molecular formula is C18H28N2O2. The van der Waals surface area contributed by atoms with Gasteiger partial charge < -0.3 is 15.0 Å². The van der Waals surface area contributed by atoms with E-state index < -0.39 is 0 Å². The van der Waals surface area contributed by atoms with Crippen LogP contribution in [0.15, 0.2) is 12.1 Å². The number of carbonyl (C=O) groups excluding carboxylic acids is 1. The van der Waals surface area contributed by atoms with Gasteiger partial charge in [-0.2, -0.15) is 0 Å². The van der Waals surface area contributed by atoms with Crippen LogP contribution < -0.4 is 10.1 Å². The number of carbonyl (C=O) groups is 1. The molecule has 1 fully saturated rings. The van der Waals surface area contributed by atoms with Crippen LogP contribution in [0.4, 0.5) is 0 Å². The third-order valence-electron chi connectivity index (χ3n) is 4.31. The zero-order chi connectivity index (χ0) is 16.1. The summed E-state index contributed by atoms with van der Waals surface area (Å²) >= 11 is 0. The SMILES string of the molecule is CNCC1CCCN(C(=O)COc2c(C)cc(C)cc2C)C1. The van der Waals surface area contributed by atoms with Crippen molar-refractivity contribution in [1.82, 2.24) is 10.2 Å². The maximum Gasteiger partial charge on any atom is 0.260 e. The van der Waals surface area contributed by atoms with Crippen molar-refractivity contribution in [2.45, 2.75) is 33.6 Å². The zero-order valence-corrected chi connectivity index (χ0v) is 14.2. The maximum atomic E-state index is 12.4. The maximum absolute atomic E-state index is 12.4. The van der Waals surface area contributed by atoms with Crippen molar-refractivity contribution in [1.29, 1.82) is 0 Å². The van der Waals surface area contributed by atoms with E-state index in [1.165, 1.54) is 12.0 Å². The Morgan fingerprint density at radius 3 is 2.64 bits per heavy atom. The minimum atomic E-state index is 0.0974. The number of aryl methyl sites for hydroxylation is 3. The molecule has 1 atom stereocenters. The largest absolute Gasteiger partial charge is 0.483 e. The molecule has 1 aliphatic rings. The first kappa shape index (κ1) is 16.8. The summed E-state index contributed by atoms with van der Waals surface area (Å²) in [6.07, 6.45) is 2.28. The monoisotopic (exact) mass is 304 g/mol. The van der Waals surface area contributed by atoms with E-state index in [-0.39, 0.29) is 12.5 Å². The molecule has 1 heterocycles. The highest BCUT2D eigenvalue weighted by molar-refractivity contribution is 5.78. The molecule has 22 heavy (non-hydrogen) atoms. The normalized spacial score (nSPS) is 18.4. The van der Waals surface area contributed by atoms with Crippen LogP contribution in [0, 0.1) is 26.7 Å². The van der Waals surface area contributed by atoms with Gasteiger partial charge in [0.15, 0.2) is 6.61 Å². The quantitative estimate of drug-likeness (QED) is 0.908. The molecule has 0 saturated carbocycles. The molecule has 0 bridgehead atoms. The molecule has 1 saturated heterocycles. The molecule has 1 aliphatic heterocycles. The molecule has 1 aromatic rings. The number of nitrogens with one attached hydrogen (secondary N) is 1. The lowest BCUT2D eigenvalue weighted by Gasteiger charge is -2.32. The van der Waals surface area contributed by atoms with Crippen LogP contribution in [0.5, 0.6) is 5.75 Å². The molecule has 4 heteroatoms. The Morgan fingerprint density at radius 1 is 1.32 bits per heavy atom. The lowest BCUT2D eigenvalue weighted by Crippen LogP contribution is -2.44. The van der Waals surface area contributed by atoms with Gasteiger partial charge in [0.2, 0.25) is 0 Å². The minimum absolute atomic E-state index is 0.0974. The summed E-state index contributed by atoms with van der Waals surface area (Å²) in [6, 6.07) is 4.19. The van der Waals surface area contributed by atoms with Gasteiger partial charge in [-0.1, -0.05) is 17.7 Å². The fourth-order valence-corrected chi connectivity index (χ4v) is 3.37. The van der Waals surface area contributed by atoms with Crippen LogP contribution in [0.1, 0.15) is 29.5 Å². The van der Waals surface area contributed by atoms with Gasteiger partial charge in [-0.25, -0.2) is 0 Å². The van der Waals surface area contributed by atoms with Crippen molar-refractivity contribution >= 4 is 5.91 Å². The minimum Gasteiger partial charge on any atom is -0.483 e. The van der Waals surface area contributed by atoms with Gasteiger partial charge in [-0.05, 0) is 64.3 Å².